The largest absolute Gasteiger partial charge is 0.326 e. The van der Waals surface area contributed by atoms with Gasteiger partial charge in [0, 0.05) is 58.5 Å². The maximum atomic E-state index is 11.9. The standard InChI is InChI=1S/C15H22N4O/c1-17-10-11-19(15(17)20)14-4-2-13(3-5-14)12-18-8-6-16-7-9-18/h2-5,16H,6-12H2,1H3. The van der Waals surface area contributed by atoms with Gasteiger partial charge in [0.2, 0.25) is 0 Å². The zero-order chi connectivity index (χ0) is 13.9. The molecule has 3 rings (SSSR count). The first-order valence-corrected chi connectivity index (χ1v) is 7.29. The number of hydrogen-bond acceptors (Lipinski definition) is 3. The lowest BCUT2D eigenvalue weighted by Gasteiger charge is -2.27. The molecule has 0 aromatic heterocycles. The molecule has 5 heteroatoms. The second-order valence-corrected chi connectivity index (χ2v) is 5.55. The Morgan fingerprint density at radius 1 is 1.05 bits per heavy atom. The predicted octanol–water partition coefficient (Wildman–Crippen LogP) is 0.964. The molecule has 20 heavy (non-hydrogen) atoms. The molecule has 2 fully saturated rings. The van der Waals surface area contributed by atoms with Gasteiger partial charge in [0.25, 0.3) is 0 Å². The van der Waals surface area contributed by atoms with Gasteiger partial charge in [0.15, 0.2) is 0 Å². The third-order valence-corrected chi connectivity index (χ3v) is 4.08. The Bertz CT molecular complexity index is 467. The minimum absolute atomic E-state index is 0.0971. The molecule has 0 unspecified atom stereocenters. The number of piperazine rings is 1. The zero-order valence-electron chi connectivity index (χ0n) is 12.0. The average Bonchev–Trinajstić information content (AvgIpc) is 2.81. The van der Waals surface area contributed by atoms with Crippen LogP contribution in [0.2, 0.25) is 0 Å². The summed E-state index contributed by atoms with van der Waals surface area (Å²) in [5.74, 6) is 0. The molecule has 0 radical (unpaired) electrons. The normalized spacial score (nSPS) is 20.8. The molecular formula is C15H22N4O. The highest BCUT2D eigenvalue weighted by Gasteiger charge is 2.26. The lowest BCUT2D eigenvalue weighted by Crippen LogP contribution is -2.42. The summed E-state index contributed by atoms with van der Waals surface area (Å²) >= 11 is 0. The van der Waals surface area contributed by atoms with E-state index in [0.29, 0.717) is 0 Å². The molecule has 2 amide bonds. The maximum Gasteiger partial charge on any atom is 0.324 e. The number of benzene rings is 1. The summed E-state index contributed by atoms with van der Waals surface area (Å²) in [6.45, 7) is 6.96. The van der Waals surface area contributed by atoms with Gasteiger partial charge in [0.1, 0.15) is 0 Å². The molecule has 2 aliphatic heterocycles. The second-order valence-electron chi connectivity index (χ2n) is 5.55. The summed E-state index contributed by atoms with van der Waals surface area (Å²) < 4.78 is 0. The van der Waals surface area contributed by atoms with Crippen LogP contribution in [0.1, 0.15) is 5.56 Å². The van der Waals surface area contributed by atoms with E-state index in [1.807, 2.05) is 11.9 Å². The van der Waals surface area contributed by atoms with E-state index >= 15 is 0 Å². The van der Waals surface area contributed by atoms with Gasteiger partial charge in [-0.2, -0.15) is 0 Å². The topological polar surface area (TPSA) is 38.8 Å². The Kier molecular flexibility index (Phi) is 3.89. The summed E-state index contributed by atoms with van der Waals surface area (Å²) in [5.41, 5.74) is 2.32. The highest BCUT2D eigenvalue weighted by molar-refractivity contribution is 5.93. The van der Waals surface area contributed by atoms with Gasteiger partial charge >= 0.3 is 6.03 Å². The monoisotopic (exact) mass is 274 g/mol. The van der Waals surface area contributed by atoms with E-state index in [0.717, 1.165) is 51.5 Å². The van der Waals surface area contributed by atoms with Crippen molar-refractivity contribution in [3.63, 3.8) is 0 Å². The Morgan fingerprint density at radius 3 is 2.35 bits per heavy atom. The van der Waals surface area contributed by atoms with E-state index in [-0.39, 0.29) is 6.03 Å². The van der Waals surface area contributed by atoms with Gasteiger partial charge in [-0.05, 0) is 17.7 Å². The van der Waals surface area contributed by atoms with E-state index in [4.69, 9.17) is 0 Å². The number of amides is 2. The number of nitrogens with zero attached hydrogens (tertiary/aromatic N) is 3. The Morgan fingerprint density at radius 2 is 1.75 bits per heavy atom. The van der Waals surface area contributed by atoms with Crippen LogP contribution < -0.4 is 10.2 Å². The fourth-order valence-corrected chi connectivity index (χ4v) is 2.80. The van der Waals surface area contributed by atoms with Gasteiger partial charge < -0.3 is 10.2 Å². The van der Waals surface area contributed by atoms with Crippen molar-refractivity contribution >= 4 is 11.7 Å². The molecular weight excluding hydrogens is 252 g/mol. The minimum Gasteiger partial charge on any atom is -0.326 e. The molecule has 108 valence electrons. The predicted molar refractivity (Wildman–Crippen MR) is 80.0 cm³/mol. The van der Waals surface area contributed by atoms with E-state index in [2.05, 4.69) is 34.5 Å². The van der Waals surface area contributed by atoms with E-state index < -0.39 is 0 Å². The molecule has 1 aromatic rings. The molecule has 5 nitrogen and oxygen atoms in total. The lowest BCUT2D eigenvalue weighted by atomic mass is 10.1. The first kappa shape index (κ1) is 13.4. The average molecular weight is 274 g/mol. The first-order chi connectivity index (χ1) is 9.74. The van der Waals surface area contributed by atoms with Crippen LogP contribution >= 0.6 is 0 Å². The minimum atomic E-state index is 0.0971. The Hall–Kier alpha value is -1.59. The quantitative estimate of drug-likeness (QED) is 0.892. The van der Waals surface area contributed by atoms with Gasteiger partial charge in [-0.25, -0.2) is 4.79 Å². The van der Waals surface area contributed by atoms with Crippen LogP contribution in [0, 0.1) is 0 Å². The molecule has 0 saturated carbocycles. The van der Waals surface area contributed by atoms with Crippen LogP contribution in [0.4, 0.5) is 10.5 Å². The summed E-state index contributed by atoms with van der Waals surface area (Å²) in [5, 5.41) is 3.37. The SMILES string of the molecule is CN1CCN(c2ccc(CN3CCNCC3)cc2)C1=O. The maximum absolute atomic E-state index is 11.9. The molecule has 1 N–H and O–H groups in total. The highest BCUT2D eigenvalue weighted by atomic mass is 16.2. The number of carbonyl (C=O) groups is 1. The van der Waals surface area contributed by atoms with Crippen LogP contribution in [0.5, 0.6) is 0 Å². The summed E-state index contributed by atoms with van der Waals surface area (Å²) in [7, 11) is 1.85. The van der Waals surface area contributed by atoms with Crippen molar-refractivity contribution in [2.24, 2.45) is 0 Å². The Balaban J connectivity index is 1.64. The molecule has 0 spiro atoms. The molecule has 2 aliphatic rings. The van der Waals surface area contributed by atoms with E-state index in [1.54, 1.807) is 4.90 Å². The second kappa shape index (κ2) is 5.81. The van der Waals surface area contributed by atoms with Crippen molar-refractivity contribution in [1.29, 1.82) is 0 Å². The summed E-state index contributed by atoms with van der Waals surface area (Å²) in [4.78, 5) is 18.0. The molecule has 0 aliphatic carbocycles. The van der Waals surface area contributed by atoms with Gasteiger partial charge in [0.05, 0.1) is 0 Å². The first-order valence-electron chi connectivity index (χ1n) is 7.29. The number of carbonyl (C=O) groups excluding carboxylic acids is 1. The zero-order valence-corrected chi connectivity index (χ0v) is 12.0. The van der Waals surface area contributed by atoms with E-state index in [9.17, 15) is 4.79 Å². The Labute approximate surface area is 120 Å². The van der Waals surface area contributed by atoms with Gasteiger partial charge in [-0.3, -0.25) is 9.80 Å². The number of likely N-dealkylation sites (N-methyl/N-ethyl adjacent to an activating group) is 1. The summed E-state index contributed by atoms with van der Waals surface area (Å²) in [6, 6.07) is 8.51. The van der Waals surface area contributed by atoms with Crippen LogP contribution in [0.25, 0.3) is 0 Å². The fraction of sp³-hybridized carbons (Fsp3) is 0.533. The highest BCUT2D eigenvalue weighted by Crippen LogP contribution is 2.20. The van der Waals surface area contributed by atoms with Crippen LogP contribution in [0.3, 0.4) is 0 Å². The number of nitrogens with one attached hydrogen (secondary N) is 1. The number of anilines is 1. The molecule has 2 saturated heterocycles. The van der Waals surface area contributed by atoms with Crippen LogP contribution in [-0.2, 0) is 6.54 Å². The van der Waals surface area contributed by atoms with Crippen molar-refractivity contribution in [3.05, 3.63) is 29.8 Å². The molecule has 0 atom stereocenters. The number of urea groups is 1. The van der Waals surface area contributed by atoms with Crippen LogP contribution in [-0.4, -0.2) is 62.1 Å². The van der Waals surface area contributed by atoms with Gasteiger partial charge in [-0.1, -0.05) is 12.1 Å². The molecule has 2 heterocycles. The third kappa shape index (κ3) is 2.78. The smallest absolute Gasteiger partial charge is 0.324 e. The fourth-order valence-electron chi connectivity index (χ4n) is 2.80. The lowest BCUT2D eigenvalue weighted by molar-refractivity contribution is 0.229. The molecule has 0 bridgehead atoms. The number of rotatable bonds is 3. The summed E-state index contributed by atoms with van der Waals surface area (Å²) in [6.07, 6.45) is 0. The van der Waals surface area contributed by atoms with E-state index in [1.165, 1.54) is 5.56 Å². The number of hydrogen-bond donors (Lipinski definition) is 1. The van der Waals surface area contributed by atoms with Crippen molar-refractivity contribution in [1.82, 2.24) is 15.1 Å². The van der Waals surface area contributed by atoms with Crippen molar-refractivity contribution < 1.29 is 4.79 Å². The third-order valence-electron chi connectivity index (χ3n) is 4.08. The molecule has 1 aromatic carbocycles. The van der Waals surface area contributed by atoms with Crippen molar-refractivity contribution in [2.75, 3.05) is 51.2 Å². The van der Waals surface area contributed by atoms with Crippen molar-refractivity contribution in [3.8, 4) is 0 Å². The van der Waals surface area contributed by atoms with Crippen LogP contribution in [0.15, 0.2) is 24.3 Å². The van der Waals surface area contributed by atoms with Gasteiger partial charge in [-0.15, -0.1) is 0 Å². The van der Waals surface area contributed by atoms with Crippen molar-refractivity contribution in [2.45, 2.75) is 6.54 Å².